The summed E-state index contributed by atoms with van der Waals surface area (Å²) in [4.78, 5) is 14.2. The molecule has 0 aromatic heterocycles. The fraction of sp³-hybridized carbons (Fsp3) is 0.562. The van der Waals surface area contributed by atoms with Crippen molar-refractivity contribution < 1.29 is 13.9 Å². The van der Waals surface area contributed by atoms with Crippen LogP contribution in [0.4, 0.5) is 4.39 Å². The number of likely N-dealkylation sites (tertiary alicyclic amines) is 1. The number of rotatable bonds is 4. The smallest absolute Gasteiger partial charge is 0.253 e. The van der Waals surface area contributed by atoms with Gasteiger partial charge in [0.25, 0.3) is 5.91 Å². The number of halogens is 1. The summed E-state index contributed by atoms with van der Waals surface area (Å²) in [5.74, 6) is -0.327. The molecular formula is C16H22FNO2. The van der Waals surface area contributed by atoms with Gasteiger partial charge >= 0.3 is 0 Å². The van der Waals surface area contributed by atoms with Gasteiger partial charge in [-0.2, -0.15) is 0 Å². The van der Waals surface area contributed by atoms with Gasteiger partial charge in [0.2, 0.25) is 0 Å². The van der Waals surface area contributed by atoms with Crippen LogP contribution in [0, 0.1) is 5.82 Å². The van der Waals surface area contributed by atoms with Crippen LogP contribution in [0.1, 0.15) is 43.0 Å². The third kappa shape index (κ3) is 4.04. The molecule has 1 unspecified atom stereocenters. The van der Waals surface area contributed by atoms with E-state index in [-0.39, 0.29) is 17.8 Å². The molecule has 0 radical (unpaired) electrons. The number of hydrogen-bond acceptors (Lipinski definition) is 2. The van der Waals surface area contributed by atoms with Gasteiger partial charge in [0, 0.05) is 25.3 Å². The third-order valence-corrected chi connectivity index (χ3v) is 3.61. The first-order valence-corrected chi connectivity index (χ1v) is 7.37. The van der Waals surface area contributed by atoms with Crippen LogP contribution in [-0.4, -0.2) is 36.6 Å². The van der Waals surface area contributed by atoms with Gasteiger partial charge in [0.15, 0.2) is 0 Å². The van der Waals surface area contributed by atoms with Crippen LogP contribution in [-0.2, 0) is 4.74 Å². The van der Waals surface area contributed by atoms with Crippen LogP contribution in [0.3, 0.4) is 0 Å². The number of carbonyl (C=O) groups is 1. The van der Waals surface area contributed by atoms with Crippen molar-refractivity contribution in [2.75, 3.05) is 19.7 Å². The molecule has 0 N–H and O–H groups in total. The van der Waals surface area contributed by atoms with Crippen LogP contribution in [0.5, 0.6) is 0 Å². The number of carbonyl (C=O) groups excluding carboxylic acids is 1. The SMILES string of the molecule is CCCOC1CCCN(C(=O)c2ccc(F)cc2)CC1. The molecule has 0 bridgehead atoms. The lowest BCUT2D eigenvalue weighted by Crippen LogP contribution is -2.32. The molecule has 1 amide bonds. The lowest BCUT2D eigenvalue weighted by molar-refractivity contribution is 0.0432. The highest BCUT2D eigenvalue weighted by atomic mass is 19.1. The standard InChI is InChI=1S/C16H22FNO2/c1-2-12-20-15-4-3-10-18(11-9-15)16(19)13-5-7-14(17)8-6-13/h5-8,15H,2-4,9-12H2,1H3. The number of amides is 1. The average molecular weight is 279 g/mol. The minimum atomic E-state index is -0.314. The summed E-state index contributed by atoms with van der Waals surface area (Å²) in [5, 5.41) is 0. The van der Waals surface area contributed by atoms with Gasteiger partial charge in [-0.05, 0) is 49.9 Å². The number of ether oxygens (including phenoxy) is 1. The molecule has 0 saturated carbocycles. The van der Waals surface area contributed by atoms with Gasteiger partial charge < -0.3 is 9.64 Å². The highest BCUT2D eigenvalue weighted by molar-refractivity contribution is 5.94. The first kappa shape index (κ1) is 15.0. The first-order chi connectivity index (χ1) is 9.70. The average Bonchev–Trinajstić information content (AvgIpc) is 2.70. The predicted octanol–water partition coefficient (Wildman–Crippen LogP) is 3.25. The molecular weight excluding hydrogens is 257 g/mol. The Labute approximate surface area is 119 Å². The van der Waals surface area contributed by atoms with Crippen LogP contribution < -0.4 is 0 Å². The Morgan fingerprint density at radius 2 is 2.05 bits per heavy atom. The molecule has 1 heterocycles. The lowest BCUT2D eigenvalue weighted by Gasteiger charge is -2.20. The van der Waals surface area contributed by atoms with E-state index in [1.54, 1.807) is 12.1 Å². The number of hydrogen-bond donors (Lipinski definition) is 0. The maximum atomic E-state index is 12.9. The summed E-state index contributed by atoms with van der Waals surface area (Å²) >= 11 is 0. The van der Waals surface area contributed by atoms with E-state index in [1.807, 2.05) is 4.90 Å². The van der Waals surface area contributed by atoms with Gasteiger partial charge in [-0.1, -0.05) is 6.92 Å². The zero-order chi connectivity index (χ0) is 14.4. The molecule has 1 saturated heterocycles. The number of nitrogens with zero attached hydrogens (tertiary/aromatic N) is 1. The van der Waals surface area contributed by atoms with E-state index in [4.69, 9.17) is 4.74 Å². The van der Waals surface area contributed by atoms with Crippen LogP contribution in [0.2, 0.25) is 0 Å². The molecule has 20 heavy (non-hydrogen) atoms. The van der Waals surface area contributed by atoms with E-state index < -0.39 is 0 Å². The summed E-state index contributed by atoms with van der Waals surface area (Å²) in [6.07, 6.45) is 4.14. The van der Waals surface area contributed by atoms with Crippen molar-refractivity contribution in [3.63, 3.8) is 0 Å². The molecule has 1 aliphatic heterocycles. The summed E-state index contributed by atoms with van der Waals surface area (Å²) in [6.45, 7) is 4.35. The molecule has 4 heteroatoms. The van der Waals surface area contributed by atoms with Crippen molar-refractivity contribution in [1.82, 2.24) is 4.90 Å². The Morgan fingerprint density at radius 3 is 2.75 bits per heavy atom. The van der Waals surface area contributed by atoms with Crippen molar-refractivity contribution in [3.8, 4) is 0 Å². The first-order valence-electron chi connectivity index (χ1n) is 7.37. The minimum Gasteiger partial charge on any atom is -0.378 e. The summed E-state index contributed by atoms with van der Waals surface area (Å²) in [7, 11) is 0. The summed E-state index contributed by atoms with van der Waals surface area (Å²) < 4.78 is 18.7. The van der Waals surface area contributed by atoms with Crippen molar-refractivity contribution >= 4 is 5.91 Å². The molecule has 0 spiro atoms. The van der Waals surface area contributed by atoms with Crippen LogP contribution in [0.15, 0.2) is 24.3 Å². The maximum absolute atomic E-state index is 12.9. The molecule has 1 fully saturated rings. The Bertz CT molecular complexity index is 433. The predicted molar refractivity (Wildman–Crippen MR) is 76.2 cm³/mol. The molecule has 1 aromatic carbocycles. The second kappa shape index (κ2) is 7.39. The quantitative estimate of drug-likeness (QED) is 0.846. The Balaban J connectivity index is 1.92. The van der Waals surface area contributed by atoms with Crippen LogP contribution >= 0.6 is 0 Å². The van der Waals surface area contributed by atoms with Crippen molar-refractivity contribution in [1.29, 1.82) is 0 Å². The Kier molecular flexibility index (Phi) is 5.53. The lowest BCUT2D eigenvalue weighted by atomic mass is 10.1. The fourth-order valence-electron chi connectivity index (χ4n) is 2.50. The molecule has 2 rings (SSSR count). The molecule has 110 valence electrons. The number of benzene rings is 1. The summed E-state index contributed by atoms with van der Waals surface area (Å²) in [5.41, 5.74) is 0.555. The van der Waals surface area contributed by atoms with Crippen molar-refractivity contribution in [2.45, 2.75) is 38.7 Å². The molecule has 1 atom stereocenters. The topological polar surface area (TPSA) is 29.5 Å². The van der Waals surface area contributed by atoms with Gasteiger partial charge in [-0.15, -0.1) is 0 Å². The normalized spacial score (nSPS) is 19.7. The third-order valence-electron chi connectivity index (χ3n) is 3.61. The highest BCUT2D eigenvalue weighted by Gasteiger charge is 2.21. The van der Waals surface area contributed by atoms with Gasteiger partial charge in [0.05, 0.1) is 6.10 Å². The Morgan fingerprint density at radius 1 is 1.30 bits per heavy atom. The molecule has 1 aromatic rings. The van der Waals surface area contributed by atoms with E-state index in [2.05, 4.69) is 6.92 Å². The zero-order valence-electron chi connectivity index (χ0n) is 12.0. The van der Waals surface area contributed by atoms with E-state index >= 15 is 0 Å². The minimum absolute atomic E-state index is 0.0128. The fourth-order valence-corrected chi connectivity index (χ4v) is 2.50. The van der Waals surface area contributed by atoms with E-state index in [0.29, 0.717) is 12.1 Å². The summed E-state index contributed by atoms with van der Waals surface area (Å²) in [6, 6.07) is 5.76. The second-order valence-electron chi connectivity index (χ2n) is 5.22. The van der Waals surface area contributed by atoms with E-state index in [9.17, 15) is 9.18 Å². The molecule has 3 nitrogen and oxygen atoms in total. The maximum Gasteiger partial charge on any atom is 0.253 e. The molecule has 0 aliphatic carbocycles. The van der Waals surface area contributed by atoms with Crippen LogP contribution in [0.25, 0.3) is 0 Å². The van der Waals surface area contributed by atoms with Gasteiger partial charge in [0.1, 0.15) is 5.82 Å². The highest BCUT2D eigenvalue weighted by Crippen LogP contribution is 2.17. The van der Waals surface area contributed by atoms with Gasteiger partial charge in [-0.3, -0.25) is 4.79 Å². The largest absolute Gasteiger partial charge is 0.378 e. The van der Waals surface area contributed by atoms with Crippen molar-refractivity contribution in [2.24, 2.45) is 0 Å². The molecule has 1 aliphatic rings. The second-order valence-corrected chi connectivity index (χ2v) is 5.22. The van der Waals surface area contributed by atoms with Gasteiger partial charge in [-0.25, -0.2) is 4.39 Å². The van der Waals surface area contributed by atoms with Crippen molar-refractivity contribution in [3.05, 3.63) is 35.6 Å². The monoisotopic (exact) mass is 279 g/mol. The Hall–Kier alpha value is -1.42. The van der Waals surface area contributed by atoms with E-state index in [1.165, 1.54) is 12.1 Å². The zero-order valence-corrected chi connectivity index (χ0v) is 12.0. The van der Waals surface area contributed by atoms with E-state index in [0.717, 1.165) is 38.8 Å².